The van der Waals surface area contributed by atoms with Crippen LogP contribution in [0.1, 0.15) is 31.9 Å². The largest absolute Gasteiger partial charge is 0.276 e. The van der Waals surface area contributed by atoms with Crippen molar-refractivity contribution in [2.45, 2.75) is 32.7 Å². The number of hydrogen-bond donors (Lipinski definition) is 0. The van der Waals surface area contributed by atoms with Gasteiger partial charge in [-0.3, -0.25) is 19.5 Å². The van der Waals surface area contributed by atoms with Crippen molar-refractivity contribution in [1.29, 1.82) is 0 Å². The second kappa shape index (κ2) is 4.76. The number of rotatable bonds is 2. The molecule has 1 aromatic rings. The van der Waals surface area contributed by atoms with E-state index in [4.69, 9.17) is 0 Å². The predicted octanol–water partition coefficient (Wildman–Crippen LogP) is 2.00. The lowest BCUT2D eigenvalue weighted by molar-refractivity contribution is -0.140. The number of fused-ring (bicyclic) bond motifs is 1. The molecule has 2 aliphatic rings. The van der Waals surface area contributed by atoms with Crippen LogP contribution in [-0.4, -0.2) is 21.7 Å². The standard InChI is InChI=1S/C15H18N2O2/c1-10-5-4-7-12-13(10)15(19)17(14(12)18)9-11-6-2-3-8-16-11/h2-3,6,8,10,12-13H,4-5,7,9H2,1H3/t10?,12-,13+/m0/s1. The van der Waals surface area contributed by atoms with Crippen molar-refractivity contribution in [1.82, 2.24) is 9.88 Å². The van der Waals surface area contributed by atoms with Gasteiger partial charge in [0.2, 0.25) is 11.8 Å². The average molecular weight is 258 g/mol. The van der Waals surface area contributed by atoms with E-state index in [9.17, 15) is 9.59 Å². The summed E-state index contributed by atoms with van der Waals surface area (Å²) in [5, 5.41) is 0. The van der Waals surface area contributed by atoms with E-state index in [1.54, 1.807) is 6.20 Å². The van der Waals surface area contributed by atoms with E-state index in [1.165, 1.54) is 4.90 Å². The van der Waals surface area contributed by atoms with Crippen molar-refractivity contribution in [3.05, 3.63) is 30.1 Å². The van der Waals surface area contributed by atoms with Gasteiger partial charge in [-0.1, -0.05) is 19.4 Å². The highest BCUT2D eigenvalue weighted by Gasteiger charge is 2.50. The first-order chi connectivity index (χ1) is 9.18. The molecule has 1 saturated carbocycles. The molecule has 2 amide bonds. The van der Waals surface area contributed by atoms with Crippen molar-refractivity contribution in [3.8, 4) is 0 Å². The summed E-state index contributed by atoms with van der Waals surface area (Å²) in [6, 6.07) is 5.56. The fraction of sp³-hybridized carbons (Fsp3) is 0.533. The highest BCUT2D eigenvalue weighted by Crippen LogP contribution is 2.41. The SMILES string of the molecule is CC1CCC[C@@H]2C(=O)N(Cc3ccccn3)C(=O)[C@H]12. The van der Waals surface area contributed by atoms with Crippen LogP contribution in [0.25, 0.3) is 0 Å². The van der Waals surface area contributed by atoms with Crippen molar-refractivity contribution in [2.24, 2.45) is 17.8 Å². The summed E-state index contributed by atoms with van der Waals surface area (Å²) in [5.74, 6) is 0.161. The van der Waals surface area contributed by atoms with E-state index >= 15 is 0 Å². The van der Waals surface area contributed by atoms with Gasteiger partial charge in [0.15, 0.2) is 0 Å². The number of carbonyl (C=O) groups excluding carboxylic acids is 2. The first-order valence-electron chi connectivity index (χ1n) is 6.93. The highest BCUT2D eigenvalue weighted by atomic mass is 16.2. The summed E-state index contributed by atoms with van der Waals surface area (Å²) in [6.45, 7) is 2.41. The fourth-order valence-electron chi connectivity index (χ4n) is 3.41. The number of amides is 2. The maximum absolute atomic E-state index is 12.4. The number of hydrogen-bond acceptors (Lipinski definition) is 3. The third kappa shape index (κ3) is 2.05. The lowest BCUT2D eigenvalue weighted by Gasteiger charge is -2.27. The topological polar surface area (TPSA) is 50.3 Å². The van der Waals surface area contributed by atoms with Crippen LogP contribution in [0.2, 0.25) is 0 Å². The summed E-state index contributed by atoms with van der Waals surface area (Å²) >= 11 is 0. The molecule has 1 aliphatic carbocycles. The van der Waals surface area contributed by atoms with Crippen LogP contribution >= 0.6 is 0 Å². The van der Waals surface area contributed by atoms with Gasteiger partial charge in [-0.05, 0) is 30.9 Å². The number of pyridine rings is 1. The summed E-state index contributed by atoms with van der Waals surface area (Å²) < 4.78 is 0. The van der Waals surface area contributed by atoms with E-state index in [0.717, 1.165) is 25.0 Å². The monoisotopic (exact) mass is 258 g/mol. The Labute approximate surface area is 112 Å². The lowest BCUT2D eigenvalue weighted by atomic mass is 9.74. The average Bonchev–Trinajstić information content (AvgIpc) is 2.66. The Morgan fingerprint density at radius 1 is 1.26 bits per heavy atom. The molecule has 1 aromatic heterocycles. The number of imide groups is 1. The number of carbonyl (C=O) groups is 2. The molecule has 3 rings (SSSR count). The van der Waals surface area contributed by atoms with Crippen LogP contribution in [0.3, 0.4) is 0 Å². The molecule has 4 heteroatoms. The maximum Gasteiger partial charge on any atom is 0.233 e. The molecule has 4 nitrogen and oxygen atoms in total. The third-order valence-corrected chi connectivity index (χ3v) is 4.40. The van der Waals surface area contributed by atoms with Crippen molar-refractivity contribution in [2.75, 3.05) is 0 Å². The Morgan fingerprint density at radius 2 is 2.11 bits per heavy atom. The van der Waals surface area contributed by atoms with E-state index in [1.807, 2.05) is 18.2 Å². The normalized spacial score (nSPS) is 30.6. The second-order valence-electron chi connectivity index (χ2n) is 5.62. The molecular weight excluding hydrogens is 240 g/mol. The maximum atomic E-state index is 12.4. The van der Waals surface area contributed by atoms with Gasteiger partial charge in [-0.25, -0.2) is 0 Å². The Bertz CT molecular complexity index is 500. The zero-order valence-electron chi connectivity index (χ0n) is 11.1. The quantitative estimate of drug-likeness (QED) is 0.762. The zero-order chi connectivity index (χ0) is 13.4. The van der Waals surface area contributed by atoms with Crippen molar-refractivity contribution < 1.29 is 9.59 Å². The van der Waals surface area contributed by atoms with Gasteiger partial charge in [-0.2, -0.15) is 0 Å². The zero-order valence-corrected chi connectivity index (χ0v) is 11.1. The Hall–Kier alpha value is -1.71. The van der Waals surface area contributed by atoms with E-state index < -0.39 is 0 Å². The molecule has 2 heterocycles. The Morgan fingerprint density at radius 3 is 2.79 bits per heavy atom. The molecule has 0 bridgehead atoms. The van der Waals surface area contributed by atoms with Crippen LogP contribution in [0.4, 0.5) is 0 Å². The molecule has 1 saturated heterocycles. The molecule has 1 unspecified atom stereocenters. The van der Waals surface area contributed by atoms with Crippen LogP contribution in [0.5, 0.6) is 0 Å². The fourth-order valence-corrected chi connectivity index (χ4v) is 3.41. The number of likely N-dealkylation sites (tertiary alicyclic amines) is 1. The van der Waals surface area contributed by atoms with Gasteiger partial charge in [0.1, 0.15) is 0 Å². The smallest absolute Gasteiger partial charge is 0.233 e. The number of nitrogens with zero attached hydrogens (tertiary/aromatic N) is 2. The molecule has 0 aromatic carbocycles. The molecule has 0 spiro atoms. The molecule has 3 atom stereocenters. The van der Waals surface area contributed by atoms with E-state index in [0.29, 0.717) is 12.5 Å². The van der Waals surface area contributed by atoms with Crippen LogP contribution in [0.15, 0.2) is 24.4 Å². The summed E-state index contributed by atoms with van der Waals surface area (Å²) in [6.07, 6.45) is 4.66. The van der Waals surface area contributed by atoms with E-state index in [-0.39, 0.29) is 23.7 Å². The van der Waals surface area contributed by atoms with Crippen LogP contribution < -0.4 is 0 Å². The Balaban J connectivity index is 1.83. The van der Waals surface area contributed by atoms with Gasteiger partial charge in [0.05, 0.1) is 24.1 Å². The minimum absolute atomic E-state index is 0.00667. The van der Waals surface area contributed by atoms with Gasteiger partial charge >= 0.3 is 0 Å². The van der Waals surface area contributed by atoms with Gasteiger partial charge < -0.3 is 0 Å². The minimum atomic E-state index is -0.0926. The molecule has 1 aliphatic heterocycles. The second-order valence-corrected chi connectivity index (χ2v) is 5.62. The molecule has 100 valence electrons. The van der Waals surface area contributed by atoms with E-state index in [2.05, 4.69) is 11.9 Å². The molecule has 19 heavy (non-hydrogen) atoms. The van der Waals surface area contributed by atoms with Crippen molar-refractivity contribution >= 4 is 11.8 Å². The molecule has 0 radical (unpaired) electrons. The third-order valence-electron chi connectivity index (χ3n) is 4.40. The molecule has 0 N–H and O–H groups in total. The Kier molecular flexibility index (Phi) is 3.09. The van der Waals surface area contributed by atoms with Gasteiger partial charge in [-0.15, -0.1) is 0 Å². The van der Waals surface area contributed by atoms with Gasteiger partial charge in [0, 0.05) is 6.20 Å². The summed E-state index contributed by atoms with van der Waals surface area (Å²) in [5.41, 5.74) is 0.774. The van der Waals surface area contributed by atoms with Crippen LogP contribution in [0, 0.1) is 17.8 Å². The minimum Gasteiger partial charge on any atom is -0.276 e. The lowest BCUT2D eigenvalue weighted by Crippen LogP contribution is -2.31. The van der Waals surface area contributed by atoms with Crippen LogP contribution in [-0.2, 0) is 16.1 Å². The number of aromatic nitrogens is 1. The summed E-state index contributed by atoms with van der Waals surface area (Å²) in [4.78, 5) is 30.4. The summed E-state index contributed by atoms with van der Waals surface area (Å²) in [7, 11) is 0. The first kappa shape index (κ1) is 12.3. The highest BCUT2D eigenvalue weighted by molar-refractivity contribution is 6.05. The van der Waals surface area contributed by atoms with Gasteiger partial charge in [0.25, 0.3) is 0 Å². The molecular formula is C15H18N2O2. The molecule has 2 fully saturated rings. The predicted molar refractivity (Wildman–Crippen MR) is 69.8 cm³/mol. The first-order valence-corrected chi connectivity index (χ1v) is 6.93. The van der Waals surface area contributed by atoms with Crippen molar-refractivity contribution in [3.63, 3.8) is 0 Å².